The molecule has 112 valence electrons. The van der Waals surface area contributed by atoms with Crippen molar-refractivity contribution in [2.75, 3.05) is 0 Å². The van der Waals surface area contributed by atoms with Crippen molar-refractivity contribution in [3.05, 3.63) is 59.7 Å². The van der Waals surface area contributed by atoms with Crippen molar-refractivity contribution >= 4 is 10.1 Å². The molecule has 0 saturated heterocycles. The van der Waals surface area contributed by atoms with Gasteiger partial charge in [0, 0.05) is 0 Å². The van der Waals surface area contributed by atoms with Gasteiger partial charge < -0.3 is 4.18 Å². The summed E-state index contributed by atoms with van der Waals surface area (Å²) in [5.41, 5.74) is 2.12. The van der Waals surface area contributed by atoms with Gasteiger partial charge >= 0.3 is 10.1 Å². The summed E-state index contributed by atoms with van der Waals surface area (Å²) < 4.78 is 29.6. The van der Waals surface area contributed by atoms with Gasteiger partial charge in [-0.25, -0.2) is 0 Å². The molecule has 2 aromatic carbocycles. The van der Waals surface area contributed by atoms with Gasteiger partial charge in [0.2, 0.25) is 0 Å². The standard InChI is InChI=1S/C17H20O3S/c1-13-5-9-15(10-6-13)20-21(18,19)16-11-7-14(8-12-16)17(2,3)4/h5-12H,1-4H3. The zero-order chi connectivity index (χ0) is 15.7. The van der Waals surface area contributed by atoms with Gasteiger partial charge in [-0.15, -0.1) is 0 Å². The molecule has 0 bridgehead atoms. The number of benzene rings is 2. The Bertz CT molecular complexity index is 706. The number of hydrogen-bond acceptors (Lipinski definition) is 3. The zero-order valence-electron chi connectivity index (χ0n) is 12.8. The molecule has 2 aromatic rings. The topological polar surface area (TPSA) is 43.4 Å². The van der Waals surface area contributed by atoms with Crippen molar-refractivity contribution in [3.8, 4) is 5.75 Å². The zero-order valence-corrected chi connectivity index (χ0v) is 13.6. The molecule has 0 heterocycles. The molecule has 0 spiro atoms. The highest BCUT2D eigenvalue weighted by Gasteiger charge is 2.19. The Balaban J connectivity index is 2.25. The van der Waals surface area contributed by atoms with Gasteiger partial charge in [-0.05, 0) is 42.2 Å². The molecule has 0 aromatic heterocycles. The van der Waals surface area contributed by atoms with Crippen molar-refractivity contribution in [3.63, 3.8) is 0 Å². The molecular formula is C17H20O3S. The van der Waals surface area contributed by atoms with E-state index < -0.39 is 10.1 Å². The lowest BCUT2D eigenvalue weighted by Crippen LogP contribution is -2.13. The number of rotatable bonds is 3. The summed E-state index contributed by atoms with van der Waals surface area (Å²) in [5.74, 6) is 0.320. The maximum Gasteiger partial charge on any atom is 0.339 e. The lowest BCUT2D eigenvalue weighted by molar-refractivity contribution is 0.485. The largest absolute Gasteiger partial charge is 0.379 e. The van der Waals surface area contributed by atoms with Crippen molar-refractivity contribution in [2.24, 2.45) is 0 Å². The van der Waals surface area contributed by atoms with E-state index >= 15 is 0 Å². The molecule has 0 fully saturated rings. The van der Waals surface area contributed by atoms with Crippen LogP contribution < -0.4 is 4.18 Å². The third kappa shape index (κ3) is 3.85. The molecule has 0 unspecified atom stereocenters. The minimum absolute atomic E-state index is 0.0138. The fourth-order valence-corrected chi connectivity index (χ4v) is 2.82. The first-order chi connectivity index (χ1) is 9.68. The average molecular weight is 304 g/mol. The van der Waals surface area contributed by atoms with Gasteiger partial charge in [0.1, 0.15) is 10.6 Å². The van der Waals surface area contributed by atoms with E-state index in [1.54, 1.807) is 24.3 Å². The van der Waals surface area contributed by atoms with Crippen LogP contribution in [-0.2, 0) is 15.5 Å². The first-order valence-electron chi connectivity index (χ1n) is 6.80. The minimum atomic E-state index is -3.79. The molecule has 0 aliphatic heterocycles. The first kappa shape index (κ1) is 15.6. The molecule has 0 amide bonds. The molecule has 4 heteroatoms. The molecule has 2 rings (SSSR count). The van der Waals surface area contributed by atoms with E-state index in [1.165, 1.54) is 0 Å². The molecule has 0 N–H and O–H groups in total. The van der Waals surface area contributed by atoms with Crippen LogP contribution in [-0.4, -0.2) is 8.42 Å². The summed E-state index contributed by atoms with van der Waals surface area (Å²) in [4.78, 5) is 0.163. The smallest absolute Gasteiger partial charge is 0.339 e. The second-order valence-electron chi connectivity index (χ2n) is 6.12. The van der Waals surface area contributed by atoms with Crippen molar-refractivity contribution in [1.82, 2.24) is 0 Å². The quantitative estimate of drug-likeness (QED) is 0.803. The summed E-state index contributed by atoms with van der Waals surface area (Å²) in [6.45, 7) is 8.18. The van der Waals surface area contributed by atoms with Crippen LogP contribution in [0.15, 0.2) is 53.4 Å². The van der Waals surface area contributed by atoms with Crippen LogP contribution >= 0.6 is 0 Å². The van der Waals surface area contributed by atoms with Gasteiger partial charge in [0.25, 0.3) is 0 Å². The van der Waals surface area contributed by atoms with Crippen molar-refractivity contribution < 1.29 is 12.6 Å². The SMILES string of the molecule is Cc1ccc(OS(=O)(=O)c2ccc(C(C)(C)C)cc2)cc1. The fourth-order valence-electron chi connectivity index (χ4n) is 1.89. The fraction of sp³-hybridized carbons (Fsp3) is 0.294. The Morgan fingerprint density at radius 1 is 0.857 bits per heavy atom. The monoisotopic (exact) mass is 304 g/mol. The van der Waals surface area contributed by atoms with Gasteiger partial charge in [-0.3, -0.25) is 0 Å². The minimum Gasteiger partial charge on any atom is -0.379 e. The van der Waals surface area contributed by atoms with Crippen molar-refractivity contribution in [2.45, 2.75) is 38.0 Å². The average Bonchev–Trinajstić information content (AvgIpc) is 2.40. The van der Waals surface area contributed by atoms with Crippen LogP contribution in [0, 0.1) is 6.92 Å². The molecule has 21 heavy (non-hydrogen) atoms. The molecule has 0 aliphatic carbocycles. The Morgan fingerprint density at radius 2 is 1.38 bits per heavy atom. The van der Waals surface area contributed by atoms with E-state index in [0.717, 1.165) is 11.1 Å². The van der Waals surface area contributed by atoms with E-state index in [9.17, 15) is 8.42 Å². The second kappa shape index (κ2) is 5.53. The van der Waals surface area contributed by atoms with E-state index in [2.05, 4.69) is 20.8 Å². The highest BCUT2D eigenvalue weighted by atomic mass is 32.2. The summed E-state index contributed by atoms with van der Waals surface area (Å²) >= 11 is 0. The maximum absolute atomic E-state index is 12.2. The van der Waals surface area contributed by atoms with Crippen LogP contribution in [0.5, 0.6) is 5.75 Å². The Labute approximate surface area is 126 Å². The summed E-state index contributed by atoms with van der Waals surface area (Å²) in [6.07, 6.45) is 0. The Kier molecular flexibility index (Phi) is 4.10. The van der Waals surface area contributed by atoms with E-state index in [4.69, 9.17) is 4.18 Å². The summed E-state index contributed by atoms with van der Waals surface area (Å²) in [6, 6.07) is 13.7. The Morgan fingerprint density at radius 3 is 1.86 bits per heavy atom. The molecule has 0 saturated carbocycles. The van der Waals surface area contributed by atoms with Crippen LogP contribution in [0.25, 0.3) is 0 Å². The predicted octanol–water partition coefficient (Wildman–Crippen LogP) is 4.06. The summed E-state index contributed by atoms with van der Waals surface area (Å²) in [7, 11) is -3.79. The lowest BCUT2D eigenvalue weighted by Gasteiger charge is -2.19. The summed E-state index contributed by atoms with van der Waals surface area (Å²) in [5, 5.41) is 0. The molecule has 0 radical (unpaired) electrons. The lowest BCUT2D eigenvalue weighted by atomic mass is 9.87. The van der Waals surface area contributed by atoms with E-state index in [-0.39, 0.29) is 10.3 Å². The van der Waals surface area contributed by atoms with Gasteiger partial charge in [0.05, 0.1) is 0 Å². The highest BCUT2D eigenvalue weighted by Crippen LogP contribution is 2.25. The third-order valence-corrected chi connectivity index (χ3v) is 4.50. The highest BCUT2D eigenvalue weighted by molar-refractivity contribution is 7.87. The van der Waals surface area contributed by atoms with Crippen molar-refractivity contribution in [1.29, 1.82) is 0 Å². The van der Waals surface area contributed by atoms with Crippen LogP contribution in [0.2, 0.25) is 0 Å². The van der Waals surface area contributed by atoms with Crippen LogP contribution in [0.1, 0.15) is 31.9 Å². The predicted molar refractivity (Wildman–Crippen MR) is 84.1 cm³/mol. The van der Waals surface area contributed by atoms with E-state index in [1.807, 2.05) is 31.2 Å². The van der Waals surface area contributed by atoms with Crippen LogP contribution in [0.3, 0.4) is 0 Å². The van der Waals surface area contributed by atoms with Gasteiger partial charge in [-0.2, -0.15) is 8.42 Å². The molecule has 0 atom stereocenters. The normalized spacial score (nSPS) is 12.2. The maximum atomic E-state index is 12.2. The second-order valence-corrected chi connectivity index (χ2v) is 7.67. The molecule has 3 nitrogen and oxygen atoms in total. The van der Waals surface area contributed by atoms with Crippen LogP contribution in [0.4, 0.5) is 0 Å². The number of aryl methyl sites for hydroxylation is 1. The van der Waals surface area contributed by atoms with Gasteiger partial charge in [0.15, 0.2) is 0 Å². The Hall–Kier alpha value is -1.81. The molecular weight excluding hydrogens is 284 g/mol. The third-order valence-electron chi connectivity index (χ3n) is 3.24. The molecule has 0 aliphatic rings. The van der Waals surface area contributed by atoms with Gasteiger partial charge in [-0.1, -0.05) is 50.6 Å². The van der Waals surface area contributed by atoms with E-state index in [0.29, 0.717) is 5.75 Å². The first-order valence-corrected chi connectivity index (χ1v) is 8.21. The number of hydrogen-bond donors (Lipinski definition) is 0.